The number of nitro benzene ring substituents is 1. The summed E-state index contributed by atoms with van der Waals surface area (Å²) in [5.41, 5.74) is -4.61. The molecular formula is C17H12F3N3O5. The van der Waals surface area contributed by atoms with Gasteiger partial charge in [-0.15, -0.1) is 0 Å². The number of rotatable bonds is 3. The van der Waals surface area contributed by atoms with E-state index in [4.69, 9.17) is 0 Å². The molecular weight excluding hydrogens is 383 g/mol. The Hall–Kier alpha value is -3.47. The highest BCUT2D eigenvalue weighted by atomic mass is 19.4. The van der Waals surface area contributed by atoms with Gasteiger partial charge in [0.05, 0.1) is 22.6 Å². The fraction of sp³-hybridized carbons (Fsp3) is 0.176. The van der Waals surface area contributed by atoms with Crippen LogP contribution in [-0.2, 0) is 0 Å². The van der Waals surface area contributed by atoms with Gasteiger partial charge in [-0.25, -0.2) is 0 Å². The molecule has 1 amide bonds. The molecule has 2 aromatic carbocycles. The Morgan fingerprint density at radius 1 is 1.18 bits per heavy atom. The minimum absolute atomic E-state index is 0.0702. The molecule has 0 aliphatic carbocycles. The van der Waals surface area contributed by atoms with Crippen LogP contribution in [-0.4, -0.2) is 43.7 Å². The molecule has 0 saturated heterocycles. The highest BCUT2D eigenvalue weighted by Gasteiger charge is 2.63. The van der Waals surface area contributed by atoms with E-state index < -0.39 is 40.5 Å². The maximum Gasteiger partial charge on any atom is 0.438 e. The Morgan fingerprint density at radius 2 is 1.79 bits per heavy atom. The highest BCUT2D eigenvalue weighted by molar-refractivity contribution is 6.06. The summed E-state index contributed by atoms with van der Waals surface area (Å²) in [7, 11) is 0. The second kappa shape index (κ2) is 6.60. The molecule has 2 aromatic rings. The first-order valence-corrected chi connectivity index (χ1v) is 7.78. The van der Waals surface area contributed by atoms with E-state index in [1.54, 1.807) is 0 Å². The Kier molecular flexibility index (Phi) is 4.55. The summed E-state index contributed by atoms with van der Waals surface area (Å²) in [6.07, 6.45) is -6.33. The number of non-ortho nitro benzene ring substituents is 1. The Labute approximate surface area is 155 Å². The normalized spacial score (nSPS) is 19.4. The molecule has 0 spiro atoms. The molecule has 146 valence electrons. The molecule has 1 heterocycles. The number of halogens is 3. The molecule has 3 rings (SSSR count). The lowest BCUT2D eigenvalue weighted by Crippen LogP contribution is -2.56. The molecule has 8 nitrogen and oxygen atoms in total. The van der Waals surface area contributed by atoms with Crippen LogP contribution in [0, 0.1) is 10.1 Å². The smallest absolute Gasteiger partial charge is 0.438 e. The number of hydrazone groups is 1. The van der Waals surface area contributed by atoms with Gasteiger partial charge in [0.2, 0.25) is 0 Å². The van der Waals surface area contributed by atoms with Crippen LogP contribution in [0.15, 0.2) is 53.6 Å². The number of nitrogens with zero attached hydrogens (tertiary/aromatic N) is 3. The Bertz CT molecular complexity index is 975. The molecule has 0 fully saturated rings. The lowest BCUT2D eigenvalue weighted by Gasteiger charge is -2.32. The average Bonchev–Trinajstić information content (AvgIpc) is 3.00. The van der Waals surface area contributed by atoms with E-state index >= 15 is 0 Å². The molecule has 1 atom stereocenters. The summed E-state index contributed by atoms with van der Waals surface area (Å²) in [5, 5.41) is 34.2. The van der Waals surface area contributed by atoms with Crippen molar-refractivity contribution in [3.05, 3.63) is 69.8 Å². The summed E-state index contributed by atoms with van der Waals surface area (Å²) in [6.45, 7) is 0. The van der Waals surface area contributed by atoms with Gasteiger partial charge in [-0.2, -0.15) is 23.3 Å². The quantitative estimate of drug-likeness (QED) is 0.612. The van der Waals surface area contributed by atoms with Crippen LogP contribution in [0.5, 0.6) is 5.75 Å². The number of hydrogen-bond acceptors (Lipinski definition) is 6. The van der Waals surface area contributed by atoms with Crippen LogP contribution < -0.4 is 0 Å². The zero-order valence-corrected chi connectivity index (χ0v) is 13.9. The SMILES string of the molecule is O=C(c1ccccc1O)N1N=C(c2ccc([N+](=O)[O-])cc2)CC1(O)C(F)(F)F. The van der Waals surface area contributed by atoms with E-state index in [2.05, 4.69) is 5.10 Å². The standard InChI is InChI=1S/C17H12F3N3O5/c18-17(19,20)16(26)9-13(10-5-7-11(8-6-10)23(27)28)21-22(16)15(25)12-3-1-2-4-14(12)24/h1-8,24,26H,9H2. The van der Waals surface area contributed by atoms with Crippen LogP contribution >= 0.6 is 0 Å². The van der Waals surface area contributed by atoms with Crippen LogP contribution in [0.25, 0.3) is 0 Å². The number of para-hydroxylation sites is 1. The first-order valence-electron chi connectivity index (χ1n) is 7.78. The molecule has 11 heteroatoms. The van der Waals surface area contributed by atoms with Gasteiger partial charge in [0.25, 0.3) is 17.3 Å². The van der Waals surface area contributed by atoms with E-state index in [0.29, 0.717) is 0 Å². The number of amides is 1. The van der Waals surface area contributed by atoms with Crippen molar-refractivity contribution in [1.29, 1.82) is 0 Å². The Morgan fingerprint density at radius 3 is 2.32 bits per heavy atom. The minimum atomic E-state index is -5.25. The molecule has 2 N–H and O–H groups in total. The third-order valence-corrected chi connectivity index (χ3v) is 4.18. The van der Waals surface area contributed by atoms with Crippen molar-refractivity contribution in [3.8, 4) is 5.75 Å². The van der Waals surface area contributed by atoms with Gasteiger partial charge in [0.1, 0.15) is 5.75 Å². The molecule has 0 radical (unpaired) electrons. The van der Waals surface area contributed by atoms with Gasteiger partial charge >= 0.3 is 6.18 Å². The van der Waals surface area contributed by atoms with Crippen LogP contribution in [0.4, 0.5) is 18.9 Å². The monoisotopic (exact) mass is 395 g/mol. The molecule has 28 heavy (non-hydrogen) atoms. The van der Waals surface area contributed by atoms with Gasteiger partial charge in [0, 0.05) is 12.1 Å². The van der Waals surface area contributed by atoms with Crippen molar-refractivity contribution in [2.24, 2.45) is 5.10 Å². The predicted octanol–water partition coefficient (Wildman–Crippen LogP) is 2.80. The number of nitro groups is 1. The number of carbonyl (C=O) groups excluding carboxylic acids is 1. The van der Waals surface area contributed by atoms with E-state index in [1.165, 1.54) is 24.3 Å². The lowest BCUT2D eigenvalue weighted by molar-refractivity contribution is -0.384. The fourth-order valence-corrected chi connectivity index (χ4v) is 2.68. The summed E-state index contributed by atoms with van der Waals surface area (Å²) in [6, 6.07) is 9.37. The van der Waals surface area contributed by atoms with Crippen molar-refractivity contribution in [1.82, 2.24) is 5.01 Å². The number of carbonyl (C=O) groups is 1. The summed E-state index contributed by atoms with van der Waals surface area (Å²) >= 11 is 0. The number of aromatic hydroxyl groups is 1. The van der Waals surface area contributed by atoms with E-state index in [0.717, 1.165) is 24.3 Å². The summed E-state index contributed by atoms with van der Waals surface area (Å²) in [5.74, 6) is -1.93. The Balaban J connectivity index is 2.05. The van der Waals surface area contributed by atoms with Crippen LogP contribution in [0.2, 0.25) is 0 Å². The third kappa shape index (κ3) is 3.16. The van der Waals surface area contributed by atoms with E-state index in [1.807, 2.05) is 0 Å². The summed E-state index contributed by atoms with van der Waals surface area (Å²) in [4.78, 5) is 22.6. The van der Waals surface area contributed by atoms with Gasteiger partial charge in [0.15, 0.2) is 0 Å². The number of phenols is 1. The first kappa shape index (κ1) is 19.3. The molecule has 1 aliphatic heterocycles. The van der Waals surface area contributed by atoms with E-state index in [-0.39, 0.29) is 22.0 Å². The molecule has 0 aromatic heterocycles. The number of benzene rings is 2. The van der Waals surface area contributed by atoms with Crippen LogP contribution in [0.1, 0.15) is 22.3 Å². The van der Waals surface area contributed by atoms with Crippen molar-refractivity contribution >= 4 is 17.3 Å². The average molecular weight is 395 g/mol. The van der Waals surface area contributed by atoms with Crippen molar-refractivity contribution in [2.75, 3.05) is 0 Å². The highest BCUT2D eigenvalue weighted by Crippen LogP contribution is 2.42. The fourth-order valence-electron chi connectivity index (χ4n) is 2.68. The second-order valence-corrected chi connectivity index (χ2v) is 5.98. The number of aliphatic hydroxyl groups is 1. The first-order chi connectivity index (χ1) is 13.0. The van der Waals surface area contributed by atoms with Gasteiger partial charge in [-0.3, -0.25) is 14.9 Å². The molecule has 0 saturated carbocycles. The van der Waals surface area contributed by atoms with Crippen molar-refractivity contribution in [2.45, 2.75) is 18.3 Å². The molecule has 1 unspecified atom stereocenters. The van der Waals surface area contributed by atoms with Crippen molar-refractivity contribution in [3.63, 3.8) is 0 Å². The maximum atomic E-state index is 13.6. The van der Waals surface area contributed by atoms with E-state index in [9.17, 15) is 38.3 Å². The second-order valence-electron chi connectivity index (χ2n) is 5.98. The number of phenolic OH excluding ortho intramolecular Hbond substituents is 1. The minimum Gasteiger partial charge on any atom is -0.507 e. The zero-order valence-electron chi connectivity index (χ0n) is 13.9. The third-order valence-electron chi connectivity index (χ3n) is 4.18. The van der Waals surface area contributed by atoms with Gasteiger partial charge in [-0.05, 0) is 29.8 Å². The topological polar surface area (TPSA) is 116 Å². The number of hydrogen-bond donors (Lipinski definition) is 2. The van der Waals surface area contributed by atoms with Crippen molar-refractivity contribution < 1.29 is 33.1 Å². The number of alkyl halides is 3. The van der Waals surface area contributed by atoms with Gasteiger partial charge < -0.3 is 10.2 Å². The predicted molar refractivity (Wildman–Crippen MR) is 89.5 cm³/mol. The lowest BCUT2D eigenvalue weighted by atomic mass is 10.00. The molecule has 0 bridgehead atoms. The largest absolute Gasteiger partial charge is 0.507 e. The van der Waals surface area contributed by atoms with Gasteiger partial charge in [-0.1, -0.05) is 12.1 Å². The van der Waals surface area contributed by atoms with Crippen LogP contribution in [0.3, 0.4) is 0 Å². The zero-order chi connectivity index (χ0) is 20.7. The maximum absolute atomic E-state index is 13.6. The summed E-state index contributed by atoms with van der Waals surface area (Å²) < 4.78 is 40.7. The molecule has 1 aliphatic rings.